The van der Waals surface area contributed by atoms with Gasteiger partial charge in [0.05, 0.1) is 6.04 Å². The number of amides is 1. The van der Waals surface area contributed by atoms with E-state index in [1.165, 1.54) is 0 Å². The van der Waals surface area contributed by atoms with Crippen molar-refractivity contribution in [2.75, 3.05) is 0 Å². The van der Waals surface area contributed by atoms with Crippen LogP contribution >= 0.6 is 0 Å². The van der Waals surface area contributed by atoms with Gasteiger partial charge >= 0.3 is 0 Å². The van der Waals surface area contributed by atoms with Gasteiger partial charge in [-0.2, -0.15) is 0 Å². The minimum Gasteiger partial charge on any atom is -0.349 e. The molecule has 1 fully saturated rings. The van der Waals surface area contributed by atoms with Gasteiger partial charge in [0.2, 0.25) is 5.91 Å². The quantitative estimate of drug-likeness (QED) is 0.897. The van der Waals surface area contributed by atoms with Gasteiger partial charge in [-0.05, 0) is 36.7 Å². The van der Waals surface area contributed by atoms with E-state index in [0.29, 0.717) is 5.92 Å². The van der Waals surface area contributed by atoms with Crippen LogP contribution in [0.4, 0.5) is 0 Å². The third-order valence-electron chi connectivity index (χ3n) is 5.48. The van der Waals surface area contributed by atoms with Crippen LogP contribution in [-0.2, 0) is 4.79 Å². The lowest BCUT2D eigenvalue weighted by molar-refractivity contribution is -0.133. The fraction of sp³-hybridized carbons (Fsp3) is 0.611. The molecule has 0 spiro atoms. The summed E-state index contributed by atoms with van der Waals surface area (Å²) < 4.78 is 0. The van der Waals surface area contributed by atoms with Crippen molar-refractivity contribution in [3.05, 3.63) is 35.9 Å². The van der Waals surface area contributed by atoms with Crippen molar-refractivity contribution in [2.45, 2.75) is 52.6 Å². The first kappa shape index (κ1) is 16.0. The highest BCUT2D eigenvalue weighted by Gasteiger charge is 2.45. The molecule has 1 amide bonds. The maximum absolute atomic E-state index is 12.7. The second-order valence-electron chi connectivity index (χ2n) is 7.04. The largest absolute Gasteiger partial charge is 0.349 e. The Morgan fingerprint density at radius 2 is 1.90 bits per heavy atom. The molecule has 0 bridgehead atoms. The van der Waals surface area contributed by atoms with Crippen LogP contribution in [0.2, 0.25) is 0 Å². The summed E-state index contributed by atoms with van der Waals surface area (Å²) in [7, 11) is 0. The second kappa shape index (κ2) is 6.18. The molecule has 3 unspecified atom stereocenters. The van der Waals surface area contributed by atoms with E-state index >= 15 is 0 Å². The predicted molar refractivity (Wildman–Crippen MR) is 86.6 cm³/mol. The maximum atomic E-state index is 12.7. The van der Waals surface area contributed by atoms with Crippen LogP contribution < -0.4 is 11.1 Å². The van der Waals surface area contributed by atoms with E-state index in [-0.39, 0.29) is 29.3 Å². The smallest absolute Gasteiger partial charge is 0.224 e. The Hall–Kier alpha value is -1.35. The molecule has 1 aliphatic carbocycles. The van der Waals surface area contributed by atoms with Crippen LogP contribution in [0.3, 0.4) is 0 Å². The number of carbonyl (C=O) groups excluding carboxylic acids is 1. The third kappa shape index (κ3) is 3.29. The van der Waals surface area contributed by atoms with Gasteiger partial charge in [-0.15, -0.1) is 0 Å². The highest BCUT2D eigenvalue weighted by atomic mass is 16.2. The van der Waals surface area contributed by atoms with Crippen molar-refractivity contribution < 1.29 is 4.79 Å². The average molecular weight is 288 g/mol. The summed E-state index contributed by atoms with van der Waals surface area (Å²) in [5.41, 5.74) is 7.26. The van der Waals surface area contributed by atoms with Crippen molar-refractivity contribution >= 4 is 5.91 Å². The first-order valence-electron chi connectivity index (χ1n) is 7.95. The molecule has 1 aromatic rings. The van der Waals surface area contributed by atoms with E-state index in [1.807, 2.05) is 25.1 Å². The molecule has 0 radical (unpaired) electrons. The Balaban J connectivity index is 2.06. The highest BCUT2D eigenvalue weighted by Crippen LogP contribution is 2.44. The number of rotatable bonds is 3. The van der Waals surface area contributed by atoms with Gasteiger partial charge in [-0.1, -0.05) is 51.1 Å². The fourth-order valence-corrected chi connectivity index (χ4v) is 3.46. The van der Waals surface area contributed by atoms with Crippen LogP contribution in [0, 0.1) is 17.3 Å². The number of nitrogens with two attached hydrogens (primary N) is 1. The first-order chi connectivity index (χ1) is 9.84. The highest BCUT2D eigenvalue weighted by molar-refractivity contribution is 5.80. The molecule has 2 rings (SSSR count). The van der Waals surface area contributed by atoms with E-state index in [9.17, 15) is 4.79 Å². The molecule has 4 atom stereocenters. The van der Waals surface area contributed by atoms with Crippen molar-refractivity contribution in [3.8, 4) is 0 Å². The Morgan fingerprint density at radius 1 is 1.29 bits per heavy atom. The molecule has 3 nitrogen and oxygen atoms in total. The van der Waals surface area contributed by atoms with Crippen LogP contribution in [0.1, 0.15) is 52.1 Å². The molecule has 0 aliphatic heterocycles. The monoisotopic (exact) mass is 288 g/mol. The number of carbonyl (C=O) groups is 1. The summed E-state index contributed by atoms with van der Waals surface area (Å²) in [4.78, 5) is 12.7. The molecule has 3 N–H and O–H groups in total. The van der Waals surface area contributed by atoms with Gasteiger partial charge in [-0.3, -0.25) is 4.79 Å². The Bertz CT molecular complexity index is 483. The maximum Gasteiger partial charge on any atom is 0.224 e. The van der Waals surface area contributed by atoms with Gasteiger partial charge in [0.25, 0.3) is 0 Å². The SMILES string of the molecule is CC1C(N)CCC(C(=O)N[C@H](C)c2ccccc2)C1(C)C. The van der Waals surface area contributed by atoms with Gasteiger partial charge in [0.1, 0.15) is 0 Å². The topological polar surface area (TPSA) is 55.1 Å². The minimum atomic E-state index is -0.0574. The lowest BCUT2D eigenvalue weighted by Crippen LogP contribution is -2.51. The second-order valence-corrected chi connectivity index (χ2v) is 7.04. The van der Waals surface area contributed by atoms with E-state index in [4.69, 9.17) is 5.73 Å². The number of hydrogen-bond acceptors (Lipinski definition) is 2. The van der Waals surface area contributed by atoms with E-state index < -0.39 is 0 Å². The summed E-state index contributed by atoms with van der Waals surface area (Å²) in [5.74, 6) is 0.558. The molecular weight excluding hydrogens is 260 g/mol. The Labute approximate surface area is 128 Å². The summed E-state index contributed by atoms with van der Waals surface area (Å²) in [6.07, 6.45) is 1.81. The molecule has 21 heavy (non-hydrogen) atoms. The number of benzene rings is 1. The van der Waals surface area contributed by atoms with Gasteiger partial charge < -0.3 is 11.1 Å². The molecule has 1 aliphatic rings. The molecule has 0 saturated heterocycles. The lowest BCUT2D eigenvalue weighted by Gasteiger charge is -2.46. The molecule has 116 valence electrons. The van der Waals surface area contributed by atoms with Gasteiger partial charge in [-0.25, -0.2) is 0 Å². The third-order valence-corrected chi connectivity index (χ3v) is 5.48. The van der Waals surface area contributed by atoms with E-state index in [2.05, 4.69) is 38.2 Å². The molecule has 1 saturated carbocycles. The average Bonchev–Trinajstić information content (AvgIpc) is 2.45. The van der Waals surface area contributed by atoms with E-state index in [1.54, 1.807) is 0 Å². The summed E-state index contributed by atoms with van der Waals surface area (Å²) in [6, 6.07) is 10.3. The normalized spacial score (nSPS) is 29.7. The summed E-state index contributed by atoms with van der Waals surface area (Å²) >= 11 is 0. The predicted octanol–water partition coefficient (Wildman–Crippen LogP) is 3.26. The molecule has 0 aromatic heterocycles. The first-order valence-corrected chi connectivity index (χ1v) is 7.95. The van der Waals surface area contributed by atoms with Crippen LogP contribution in [-0.4, -0.2) is 11.9 Å². The van der Waals surface area contributed by atoms with Gasteiger partial charge in [0.15, 0.2) is 0 Å². The fourth-order valence-electron chi connectivity index (χ4n) is 3.46. The van der Waals surface area contributed by atoms with Crippen LogP contribution in [0.5, 0.6) is 0 Å². The lowest BCUT2D eigenvalue weighted by atomic mass is 9.61. The molecule has 1 aromatic carbocycles. The van der Waals surface area contributed by atoms with E-state index in [0.717, 1.165) is 18.4 Å². The van der Waals surface area contributed by atoms with Crippen molar-refractivity contribution in [3.63, 3.8) is 0 Å². The number of hydrogen-bond donors (Lipinski definition) is 2. The minimum absolute atomic E-state index is 0.0402. The zero-order valence-corrected chi connectivity index (χ0v) is 13.6. The summed E-state index contributed by atoms with van der Waals surface area (Å²) in [5, 5.41) is 3.18. The van der Waals surface area contributed by atoms with Crippen LogP contribution in [0.15, 0.2) is 30.3 Å². The van der Waals surface area contributed by atoms with Crippen molar-refractivity contribution in [1.29, 1.82) is 0 Å². The van der Waals surface area contributed by atoms with Gasteiger partial charge in [0, 0.05) is 12.0 Å². The van der Waals surface area contributed by atoms with Crippen molar-refractivity contribution in [2.24, 2.45) is 23.0 Å². The zero-order chi connectivity index (χ0) is 15.6. The number of nitrogens with one attached hydrogen (secondary N) is 1. The Kier molecular flexibility index (Phi) is 4.72. The molecule has 0 heterocycles. The zero-order valence-electron chi connectivity index (χ0n) is 13.6. The summed E-state index contributed by atoms with van der Waals surface area (Å²) in [6.45, 7) is 8.56. The Morgan fingerprint density at radius 3 is 2.52 bits per heavy atom. The molecule has 3 heteroatoms. The standard InChI is InChI=1S/C18H28N2O/c1-12-16(19)11-10-15(18(12,3)4)17(21)20-13(2)14-8-6-5-7-9-14/h5-9,12-13,15-16H,10-11,19H2,1-4H3,(H,20,21)/t12?,13-,15?,16?/m1/s1. The van der Waals surface area contributed by atoms with Crippen molar-refractivity contribution in [1.82, 2.24) is 5.32 Å². The molecular formula is C18H28N2O. The van der Waals surface area contributed by atoms with Crippen LogP contribution in [0.25, 0.3) is 0 Å².